The van der Waals surface area contributed by atoms with Crippen LogP contribution in [-0.2, 0) is 16.6 Å². The van der Waals surface area contributed by atoms with Crippen LogP contribution in [-0.4, -0.2) is 26.2 Å². The summed E-state index contributed by atoms with van der Waals surface area (Å²) in [5.41, 5.74) is 0.668. The minimum absolute atomic E-state index is 0.170. The van der Waals surface area contributed by atoms with Gasteiger partial charge >= 0.3 is 0 Å². The number of carbonyl (C=O) groups is 1. The third-order valence-corrected chi connectivity index (χ3v) is 6.84. The van der Waals surface area contributed by atoms with Gasteiger partial charge in [-0.1, -0.05) is 29.8 Å². The van der Waals surface area contributed by atoms with E-state index >= 15 is 0 Å². The minimum Gasteiger partial charge on any atom is -0.496 e. The monoisotopic (exact) mass is 474 g/mol. The summed E-state index contributed by atoms with van der Waals surface area (Å²) in [5.74, 6) is 0.213. The number of hydrogen-bond acceptors (Lipinski definition) is 6. The fraction of sp³-hybridized carbons (Fsp3) is 0.136. The summed E-state index contributed by atoms with van der Waals surface area (Å²) in [6.45, 7) is 1.23. The Kier molecular flexibility index (Phi) is 6.81. The summed E-state index contributed by atoms with van der Waals surface area (Å²) in [7, 11) is -2.81. The molecular formula is C22H19ClN2O6S. The van der Waals surface area contributed by atoms with Gasteiger partial charge in [0.25, 0.3) is 15.7 Å². The lowest BCUT2D eigenvalue weighted by Gasteiger charge is -2.25. The number of sulfonamides is 1. The second kappa shape index (κ2) is 9.37. The standard InChI is InChI=1S/C22H19ClN2O6S/c1-15(26)16-8-11-22(31-2)17(12-16)14-24(18-6-4-3-5-7-18)32(29,30)19-9-10-20(23)21(13-19)25(27)28/h3-13H,14H2,1-2H3. The van der Waals surface area contributed by atoms with Crippen molar-refractivity contribution in [2.45, 2.75) is 18.4 Å². The van der Waals surface area contributed by atoms with E-state index in [1.54, 1.807) is 48.5 Å². The van der Waals surface area contributed by atoms with Gasteiger partial charge in [0, 0.05) is 17.2 Å². The van der Waals surface area contributed by atoms with Crippen molar-refractivity contribution in [2.75, 3.05) is 11.4 Å². The highest BCUT2D eigenvalue weighted by Gasteiger charge is 2.29. The van der Waals surface area contributed by atoms with Crippen LogP contribution >= 0.6 is 11.6 Å². The van der Waals surface area contributed by atoms with E-state index in [9.17, 15) is 23.3 Å². The number of halogens is 1. The first-order valence-electron chi connectivity index (χ1n) is 9.34. The molecule has 0 unspecified atom stereocenters. The highest BCUT2D eigenvalue weighted by atomic mass is 35.5. The Morgan fingerprint density at radius 2 is 1.78 bits per heavy atom. The third-order valence-electron chi connectivity index (χ3n) is 4.75. The Balaban J connectivity index is 2.17. The number of anilines is 1. The molecule has 0 saturated carbocycles. The maximum Gasteiger partial charge on any atom is 0.289 e. The van der Waals surface area contributed by atoms with Crippen molar-refractivity contribution in [3.8, 4) is 5.75 Å². The number of hydrogen-bond donors (Lipinski definition) is 0. The number of carbonyl (C=O) groups excluding carboxylic acids is 1. The molecule has 0 N–H and O–H groups in total. The van der Waals surface area contributed by atoms with Crippen LogP contribution in [0.4, 0.5) is 11.4 Å². The molecule has 0 bridgehead atoms. The number of methoxy groups -OCH3 is 1. The number of ketones is 1. The molecule has 0 amide bonds. The van der Waals surface area contributed by atoms with Crippen molar-refractivity contribution in [1.82, 2.24) is 0 Å². The van der Waals surface area contributed by atoms with E-state index in [0.29, 0.717) is 22.6 Å². The number of nitro benzene ring substituents is 1. The van der Waals surface area contributed by atoms with Crippen molar-refractivity contribution >= 4 is 38.8 Å². The predicted octanol–water partition coefficient (Wildman–Crippen LogP) is 4.85. The summed E-state index contributed by atoms with van der Waals surface area (Å²) in [4.78, 5) is 22.1. The Morgan fingerprint density at radius 1 is 1.09 bits per heavy atom. The normalized spacial score (nSPS) is 11.1. The Bertz CT molecular complexity index is 1280. The molecule has 0 fully saturated rings. The number of nitro groups is 1. The molecule has 0 spiro atoms. The molecule has 3 aromatic carbocycles. The zero-order valence-electron chi connectivity index (χ0n) is 17.2. The van der Waals surface area contributed by atoms with Gasteiger partial charge in [-0.25, -0.2) is 8.42 Å². The van der Waals surface area contributed by atoms with Crippen LogP contribution in [0.25, 0.3) is 0 Å². The fourth-order valence-corrected chi connectivity index (χ4v) is 4.76. The summed E-state index contributed by atoms with van der Waals surface area (Å²) in [6.07, 6.45) is 0. The largest absolute Gasteiger partial charge is 0.496 e. The van der Waals surface area contributed by atoms with Crippen molar-refractivity contribution in [2.24, 2.45) is 0 Å². The Morgan fingerprint density at radius 3 is 2.38 bits per heavy atom. The van der Waals surface area contributed by atoms with E-state index in [1.165, 1.54) is 26.2 Å². The zero-order chi connectivity index (χ0) is 23.5. The lowest BCUT2D eigenvalue weighted by molar-refractivity contribution is -0.384. The van der Waals surface area contributed by atoms with Crippen molar-refractivity contribution in [1.29, 1.82) is 0 Å². The average molecular weight is 475 g/mol. The number of benzene rings is 3. The van der Waals surface area contributed by atoms with Crippen molar-refractivity contribution in [3.05, 3.63) is 93.0 Å². The molecular weight excluding hydrogens is 456 g/mol. The van der Waals surface area contributed by atoms with E-state index in [4.69, 9.17) is 16.3 Å². The van der Waals surface area contributed by atoms with Gasteiger partial charge in [0.2, 0.25) is 0 Å². The zero-order valence-corrected chi connectivity index (χ0v) is 18.8. The molecule has 0 aliphatic rings. The van der Waals surface area contributed by atoms with E-state index in [0.717, 1.165) is 10.4 Å². The van der Waals surface area contributed by atoms with Crippen molar-refractivity contribution in [3.63, 3.8) is 0 Å². The SMILES string of the molecule is COc1ccc(C(C)=O)cc1CN(c1ccccc1)S(=O)(=O)c1ccc(Cl)c([N+](=O)[O-])c1. The highest BCUT2D eigenvalue weighted by molar-refractivity contribution is 7.92. The second-order valence-electron chi connectivity index (χ2n) is 6.80. The van der Waals surface area contributed by atoms with Crippen LogP contribution in [0.5, 0.6) is 5.75 Å². The van der Waals surface area contributed by atoms with Gasteiger partial charge in [-0.3, -0.25) is 19.2 Å². The van der Waals surface area contributed by atoms with Crippen LogP contribution in [0.2, 0.25) is 5.02 Å². The van der Waals surface area contributed by atoms with Gasteiger partial charge in [-0.15, -0.1) is 0 Å². The molecule has 3 rings (SSSR count). The molecule has 0 atom stereocenters. The smallest absolute Gasteiger partial charge is 0.289 e. The molecule has 0 aromatic heterocycles. The maximum atomic E-state index is 13.6. The fourth-order valence-electron chi connectivity index (χ4n) is 3.11. The molecule has 0 heterocycles. The molecule has 8 nitrogen and oxygen atoms in total. The van der Waals surface area contributed by atoms with Crippen LogP contribution in [0.3, 0.4) is 0 Å². The molecule has 10 heteroatoms. The van der Waals surface area contributed by atoms with Gasteiger partial charge in [0.1, 0.15) is 10.8 Å². The summed E-state index contributed by atoms with van der Waals surface area (Å²) >= 11 is 5.86. The quantitative estimate of drug-likeness (QED) is 0.262. The maximum absolute atomic E-state index is 13.6. The number of rotatable bonds is 8. The number of para-hydroxylation sites is 1. The van der Waals surface area contributed by atoms with Gasteiger partial charge in [0.15, 0.2) is 5.78 Å². The number of ether oxygens (including phenoxy) is 1. The topological polar surface area (TPSA) is 107 Å². The first kappa shape index (κ1) is 23.2. The number of nitrogens with zero attached hydrogens (tertiary/aromatic N) is 2. The first-order chi connectivity index (χ1) is 15.1. The average Bonchev–Trinajstić information content (AvgIpc) is 2.77. The van der Waals surface area contributed by atoms with E-state index < -0.39 is 20.6 Å². The predicted molar refractivity (Wildman–Crippen MR) is 121 cm³/mol. The van der Waals surface area contributed by atoms with E-state index in [1.807, 2.05) is 0 Å². The first-order valence-corrected chi connectivity index (χ1v) is 11.2. The van der Waals surface area contributed by atoms with E-state index in [-0.39, 0.29) is 22.2 Å². The van der Waals surface area contributed by atoms with Crippen molar-refractivity contribution < 1.29 is 22.9 Å². The van der Waals surface area contributed by atoms with Crippen LogP contribution in [0, 0.1) is 10.1 Å². The van der Waals surface area contributed by atoms with Gasteiger partial charge < -0.3 is 4.74 Å². The molecule has 3 aromatic rings. The number of Topliss-reactive ketones (excluding diaryl/α,β-unsaturated/α-hetero) is 1. The van der Waals surface area contributed by atoms with E-state index in [2.05, 4.69) is 0 Å². The van der Waals surface area contributed by atoms with Crippen LogP contribution < -0.4 is 9.04 Å². The van der Waals surface area contributed by atoms with Gasteiger partial charge in [-0.05, 0) is 49.4 Å². The molecule has 0 aliphatic carbocycles. The second-order valence-corrected chi connectivity index (χ2v) is 9.07. The lowest BCUT2D eigenvalue weighted by atomic mass is 10.1. The summed E-state index contributed by atoms with van der Waals surface area (Å²) < 4.78 is 33.6. The molecule has 0 aliphatic heterocycles. The summed E-state index contributed by atoms with van der Waals surface area (Å²) in [6, 6.07) is 16.3. The van der Waals surface area contributed by atoms with Crippen LogP contribution in [0.15, 0.2) is 71.6 Å². The Labute approximate surface area is 190 Å². The molecule has 0 radical (unpaired) electrons. The molecule has 166 valence electrons. The third kappa shape index (κ3) is 4.74. The highest BCUT2D eigenvalue weighted by Crippen LogP contribution is 2.33. The summed E-state index contributed by atoms with van der Waals surface area (Å²) in [5, 5.41) is 11.1. The van der Waals surface area contributed by atoms with Gasteiger partial charge in [0.05, 0.1) is 29.2 Å². The van der Waals surface area contributed by atoms with Gasteiger partial charge in [-0.2, -0.15) is 0 Å². The van der Waals surface area contributed by atoms with Crippen LogP contribution in [0.1, 0.15) is 22.8 Å². The minimum atomic E-state index is -4.25. The molecule has 32 heavy (non-hydrogen) atoms. The molecule has 0 saturated heterocycles. The lowest BCUT2D eigenvalue weighted by Crippen LogP contribution is -2.31. The Hall–Kier alpha value is -3.43.